The van der Waals surface area contributed by atoms with Gasteiger partial charge in [-0.1, -0.05) is 12.1 Å². The number of carbonyl (C=O) groups excluding carboxylic acids is 2. The van der Waals surface area contributed by atoms with E-state index >= 15 is 0 Å². The van der Waals surface area contributed by atoms with Crippen LogP contribution in [0.2, 0.25) is 0 Å². The number of esters is 1. The first kappa shape index (κ1) is 23.5. The molecule has 3 aromatic rings. The molecule has 2 aromatic heterocycles. The average molecular weight is 476 g/mol. The summed E-state index contributed by atoms with van der Waals surface area (Å²) in [4.78, 5) is 30.9. The molecule has 4 rings (SSSR count). The molecular weight excluding hydrogens is 453 g/mol. The first-order valence-corrected chi connectivity index (χ1v) is 10.8. The Hall–Kier alpha value is -3.63. The van der Waals surface area contributed by atoms with E-state index in [4.69, 9.17) is 9.47 Å². The molecule has 0 saturated carbocycles. The largest absolute Gasteiger partial charge is 0.497 e. The normalized spacial score (nSPS) is 16.5. The van der Waals surface area contributed by atoms with Crippen LogP contribution in [0.5, 0.6) is 5.75 Å². The third-order valence-electron chi connectivity index (χ3n) is 5.63. The molecule has 0 radical (unpaired) electrons. The number of halogens is 3. The summed E-state index contributed by atoms with van der Waals surface area (Å²) in [6.45, 7) is 2.43. The highest BCUT2D eigenvalue weighted by Crippen LogP contribution is 2.33. The Labute approximate surface area is 193 Å². The van der Waals surface area contributed by atoms with Gasteiger partial charge in [-0.3, -0.25) is 9.59 Å². The third-order valence-corrected chi connectivity index (χ3v) is 5.63. The molecule has 1 saturated heterocycles. The number of alkyl halides is 3. The predicted octanol–water partition coefficient (Wildman–Crippen LogP) is 3.84. The Kier molecular flexibility index (Phi) is 6.45. The van der Waals surface area contributed by atoms with Crippen LogP contribution in [0.4, 0.5) is 13.2 Å². The van der Waals surface area contributed by atoms with Crippen molar-refractivity contribution in [2.24, 2.45) is 5.92 Å². The summed E-state index contributed by atoms with van der Waals surface area (Å²) in [5, 5.41) is 3.93. The fraction of sp³-hybridized carbons (Fsp3) is 0.391. The topological polar surface area (TPSA) is 86.0 Å². The zero-order valence-electron chi connectivity index (χ0n) is 18.6. The second-order valence-corrected chi connectivity index (χ2v) is 7.90. The highest BCUT2D eigenvalue weighted by Gasteiger charge is 2.36. The number of amides is 1. The summed E-state index contributed by atoms with van der Waals surface area (Å²) in [6.07, 6.45) is -3.58. The monoisotopic (exact) mass is 476 g/mol. The molecule has 180 valence electrons. The summed E-state index contributed by atoms with van der Waals surface area (Å²) < 4.78 is 52.5. The number of ether oxygens (including phenoxy) is 2. The van der Waals surface area contributed by atoms with Gasteiger partial charge >= 0.3 is 12.1 Å². The lowest BCUT2D eigenvalue weighted by molar-refractivity contribution is -0.149. The number of likely N-dealkylation sites (tertiary alicyclic amines) is 1. The average Bonchev–Trinajstić information content (AvgIpc) is 3.26. The van der Waals surface area contributed by atoms with E-state index in [-0.39, 0.29) is 36.2 Å². The molecule has 11 heteroatoms. The lowest BCUT2D eigenvalue weighted by Crippen LogP contribution is -2.43. The Morgan fingerprint density at radius 2 is 2.00 bits per heavy atom. The fourth-order valence-electron chi connectivity index (χ4n) is 3.99. The fourth-order valence-corrected chi connectivity index (χ4v) is 3.99. The minimum Gasteiger partial charge on any atom is -0.497 e. The zero-order chi connectivity index (χ0) is 24.5. The minimum absolute atomic E-state index is 0.0676. The van der Waals surface area contributed by atoms with E-state index < -0.39 is 23.7 Å². The molecule has 0 bridgehead atoms. The van der Waals surface area contributed by atoms with Gasteiger partial charge in [-0.05, 0) is 38.0 Å². The number of hydrogen-bond acceptors (Lipinski definition) is 6. The van der Waals surface area contributed by atoms with Crippen molar-refractivity contribution in [3.63, 3.8) is 0 Å². The molecule has 0 aliphatic carbocycles. The molecule has 1 fully saturated rings. The van der Waals surface area contributed by atoms with E-state index in [1.54, 1.807) is 31.2 Å². The van der Waals surface area contributed by atoms with Crippen LogP contribution in [0.1, 0.15) is 35.9 Å². The molecule has 1 aliphatic rings. The maximum Gasteiger partial charge on any atom is 0.433 e. The minimum atomic E-state index is -4.73. The van der Waals surface area contributed by atoms with Crippen LogP contribution < -0.4 is 4.74 Å². The molecular formula is C23H23F3N4O4. The SMILES string of the molecule is CCOC(=O)[C@@H]1CCCN(C(=O)c2cc3nc(-c4cccc(OC)c4)cc(C(F)(F)F)n3n2)C1. The van der Waals surface area contributed by atoms with Gasteiger partial charge in [0.25, 0.3) is 5.91 Å². The molecule has 1 atom stereocenters. The number of rotatable bonds is 5. The number of nitrogens with zero attached hydrogens (tertiary/aromatic N) is 4. The lowest BCUT2D eigenvalue weighted by atomic mass is 9.98. The van der Waals surface area contributed by atoms with Crippen LogP contribution >= 0.6 is 0 Å². The van der Waals surface area contributed by atoms with Gasteiger partial charge in [0.2, 0.25) is 0 Å². The zero-order valence-corrected chi connectivity index (χ0v) is 18.6. The number of aromatic nitrogens is 3. The number of piperidine rings is 1. The Balaban J connectivity index is 1.71. The van der Waals surface area contributed by atoms with Crippen LogP contribution in [0, 0.1) is 5.92 Å². The number of carbonyl (C=O) groups is 2. The van der Waals surface area contributed by atoms with Crippen molar-refractivity contribution < 1.29 is 32.2 Å². The summed E-state index contributed by atoms with van der Waals surface area (Å²) in [5.74, 6) is -0.953. The summed E-state index contributed by atoms with van der Waals surface area (Å²) >= 11 is 0. The molecule has 1 aromatic carbocycles. The van der Waals surface area contributed by atoms with Gasteiger partial charge in [0, 0.05) is 24.7 Å². The van der Waals surface area contributed by atoms with Crippen LogP contribution in [0.25, 0.3) is 16.9 Å². The lowest BCUT2D eigenvalue weighted by Gasteiger charge is -2.31. The summed E-state index contributed by atoms with van der Waals surface area (Å²) in [5.41, 5.74) is -0.856. The Morgan fingerprint density at radius 1 is 1.21 bits per heavy atom. The van der Waals surface area contributed by atoms with Crippen molar-refractivity contribution in [3.8, 4) is 17.0 Å². The van der Waals surface area contributed by atoms with Gasteiger partial charge in [-0.25, -0.2) is 9.50 Å². The second-order valence-electron chi connectivity index (χ2n) is 7.90. The van der Waals surface area contributed by atoms with Crippen LogP contribution in [0.3, 0.4) is 0 Å². The van der Waals surface area contributed by atoms with Crippen molar-refractivity contribution in [3.05, 3.63) is 47.8 Å². The van der Waals surface area contributed by atoms with Gasteiger partial charge < -0.3 is 14.4 Å². The van der Waals surface area contributed by atoms with Crippen molar-refractivity contribution >= 4 is 17.5 Å². The van der Waals surface area contributed by atoms with E-state index in [2.05, 4.69) is 10.1 Å². The van der Waals surface area contributed by atoms with Crippen molar-refractivity contribution in [2.45, 2.75) is 25.9 Å². The van der Waals surface area contributed by atoms with Gasteiger partial charge in [0.05, 0.1) is 25.3 Å². The second kappa shape index (κ2) is 9.32. The highest BCUT2D eigenvalue weighted by molar-refractivity contribution is 5.94. The van der Waals surface area contributed by atoms with Crippen LogP contribution in [-0.4, -0.2) is 58.2 Å². The number of fused-ring (bicyclic) bond motifs is 1. The highest BCUT2D eigenvalue weighted by atomic mass is 19.4. The molecule has 0 N–H and O–H groups in total. The Morgan fingerprint density at radius 3 is 2.71 bits per heavy atom. The molecule has 34 heavy (non-hydrogen) atoms. The number of benzene rings is 1. The smallest absolute Gasteiger partial charge is 0.433 e. The van der Waals surface area contributed by atoms with Crippen LogP contribution in [0.15, 0.2) is 36.4 Å². The van der Waals surface area contributed by atoms with E-state index in [9.17, 15) is 22.8 Å². The first-order chi connectivity index (χ1) is 16.2. The van der Waals surface area contributed by atoms with Gasteiger partial charge in [0.1, 0.15) is 5.75 Å². The third kappa shape index (κ3) is 4.68. The molecule has 1 aliphatic heterocycles. The van der Waals surface area contributed by atoms with Crippen molar-refractivity contribution in [1.29, 1.82) is 0 Å². The molecule has 3 heterocycles. The van der Waals surface area contributed by atoms with Gasteiger partial charge in [0.15, 0.2) is 17.0 Å². The Bertz CT molecular complexity index is 1220. The van der Waals surface area contributed by atoms with E-state index in [1.165, 1.54) is 18.1 Å². The van der Waals surface area contributed by atoms with Gasteiger partial charge in [-0.15, -0.1) is 0 Å². The maximum atomic E-state index is 13.9. The van der Waals surface area contributed by atoms with Crippen molar-refractivity contribution in [1.82, 2.24) is 19.5 Å². The first-order valence-electron chi connectivity index (χ1n) is 10.8. The number of hydrogen-bond donors (Lipinski definition) is 0. The number of methoxy groups -OCH3 is 1. The molecule has 8 nitrogen and oxygen atoms in total. The van der Waals surface area contributed by atoms with E-state index in [0.717, 1.165) is 6.07 Å². The van der Waals surface area contributed by atoms with E-state index in [0.29, 0.717) is 35.2 Å². The predicted molar refractivity (Wildman–Crippen MR) is 115 cm³/mol. The standard InChI is InChI=1S/C23H23F3N4O4/c1-3-34-22(32)15-7-5-9-29(13-15)21(31)18-12-20-27-17(14-6-4-8-16(10-14)33-2)11-19(23(24,25)26)30(20)28-18/h4,6,8,10-12,15H,3,5,7,9,13H2,1-2H3/t15-/m1/s1. The summed E-state index contributed by atoms with van der Waals surface area (Å²) in [6, 6.07) is 8.63. The van der Waals surface area contributed by atoms with Gasteiger partial charge in [-0.2, -0.15) is 18.3 Å². The van der Waals surface area contributed by atoms with E-state index in [1.807, 2.05) is 0 Å². The molecule has 0 unspecified atom stereocenters. The quantitative estimate of drug-likeness (QED) is 0.520. The molecule has 0 spiro atoms. The molecule has 1 amide bonds. The van der Waals surface area contributed by atoms with Crippen molar-refractivity contribution in [2.75, 3.05) is 26.8 Å². The maximum absolute atomic E-state index is 13.9. The van der Waals surface area contributed by atoms with Crippen LogP contribution in [-0.2, 0) is 15.7 Å². The summed E-state index contributed by atoms with van der Waals surface area (Å²) in [7, 11) is 1.46.